The van der Waals surface area contributed by atoms with Crippen LogP contribution in [0.15, 0.2) is 25.3 Å². The molecule has 0 aliphatic heterocycles. The van der Waals surface area contributed by atoms with Gasteiger partial charge in [-0.3, -0.25) is 14.4 Å². The third-order valence-electron chi connectivity index (χ3n) is 1.56. The largest absolute Gasteiger partial charge is 0.460 e. The molecule has 0 unspecified atom stereocenters. The van der Waals surface area contributed by atoms with Crippen LogP contribution in [0.5, 0.6) is 0 Å². The van der Waals surface area contributed by atoms with Gasteiger partial charge in [-0.15, -0.1) is 0 Å². The Morgan fingerprint density at radius 3 is 1.69 bits per heavy atom. The molecule has 0 aromatic carbocycles. The van der Waals surface area contributed by atoms with E-state index in [0.29, 0.717) is 0 Å². The van der Waals surface area contributed by atoms with Gasteiger partial charge in [-0.25, -0.2) is 0 Å². The SMILES string of the molecule is C=CCOC(=O)C(C(C)=O)C(=O)OCC=C. The number of ether oxygens (including phenoxy) is 2. The quantitative estimate of drug-likeness (QED) is 0.362. The fourth-order valence-electron chi connectivity index (χ4n) is 0.877. The lowest BCUT2D eigenvalue weighted by molar-refractivity contribution is -0.162. The van der Waals surface area contributed by atoms with Gasteiger partial charge in [-0.2, -0.15) is 0 Å². The van der Waals surface area contributed by atoms with Gasteiger partial charge in [0.2, 0.25) is 5.92 Å². The fourth-order valence-corrected chi connectivity index (χ4v) is 0.877. The average molecular weight is 226 g/mol. The number of Topliss-reactive ketones (excluding diaryl/α,β-unsaturated/α-hetero) is 1. The minimum atomic E-state index is -1.53. The third-order valence-corrected chi connectivity index (χ3v) is 1.56. The van der Waals surface area contributed by atoms with Gasteiger partial charge in [0.15, 0.2) is 5.78 Å². The normalized spacial score (nSPS) is 9.38. The van der Waals surface area contributed by atoms with Gasteiger partial charge in [-0.1, -0.05) is 25.3 Å². The summed E-state index contributed by atoms with van der Waals surface area (Å²) in [4.78, 5) is 33.8. The van der Waals surface area contributed by atoms with Gasteiger partial charge >= 0.3 is 11.9 Å². The van der Waals surface area contributed by atoms with Gasteiger partial charge in [0.25, 0.3) is 0 Å². The van der Waals surface area contributed by atoms with Gasteiger partial charge in [0.05, 0.1) is 0 Å². The van der Waals surface area contributed by atoms with Crippen LogP contribution in [-0.4, -0.2) is 30.9 Å². The Kier molecular flexibility index (Phi) is 6.51. The predicted molar refractivity (Wildman–Crippen MR) is 56.5 cm³/mol. The van der Waals surface area contributed by atoms with Crippen molar-refractivity contribution < 1.29 is 23.9 Å². The van der Waals surface area contributed by atoms with Crippen LogP contribution < -0.4 is 0 Å². The van der Waals surface area contributed by atoms with Crippen molar-refractivity contribution in [2.75, 3.05) is 13.2 Å². The minimum absolute atomic E-state index is 0.0582. The molecular weight excluding hydrogens is 212 g/mol. The molecular formula is C11H14O5. The van der Waals surface area contributed by atoms with Crippen LogP contribution in [-0.2, 0) is 23.9 Å². The Morgan fingerprint density at radius 2 is 1.44 bits per heavy atom. The summed E-state index contributed by atoms with van der Waals surface area (Å²) in [5.41, 5.74) is 0. The van der Waals surface area contributed by atoms with Crippen molar-refractivity contribution in [3.8, 4) is 0 Å². The lowest BCUT2D eigenvalue weighted by Gasteiger charge is -2.11. The van der Waals surface area contributed by atoms with E-state index in [4.69, 9.17) is 0 Å². The molecule has 0 rings (SSSR count). The van der Waals surface area contributed by atoms with Crippen LogP contribution in [0.2, 0.25) is 0 Å². The summed E-state index contributed by atoms with van der Waals surface area (Å²) in [5, 5.41) is 0. The van der Waals surface area contributed by atoms with Crippen molar-refractivity contribution in [2.24, 2.45) is 5.92 Å². The second-order valence-corrected chi connectivity index (χ2v) is 2.88. The molecule has 0 aliphatic rings. The second kappa shape index (κ2) is 7.39. The maximum absolute atomic E-state index is 11.3. The molecule has 0 aromatic rings. The Bertz CT molecular complexity index is 281. The standard InChI is InChI=1S/C11H14O5/c1-4-6-15-10(13)9(8(3)12)11(14)16-7-5-2/h4-5,9H,1-2,6-7H2,3H3. The number of carbonyl (C=O) groups excluding carboxylic acids is 3. The summed E-state index contributed by atoms with van der Waals surface area (Å²) in [6, 6.07) is 0. The van der Waals surface area contributed by atoms with E-state index in [1.54, 1.807) is 0 Å². The average Bonchev–Trinajstić information content (AvgIpc) is 2.23. The zero-order chi connectivity index (χ0) is 12.6. The Morgan fingerprint density at radius 1 is 1.06 bits per heavy atom. The zero-order valence-corrected chi connectivity index (χ0v) is 9.10. The van der Waals surface area contributed by atoms with Crippen molar-refractivity contribution in [2.45, 2.75) is 6.92 Å². The number of ketones is 1. The lowest BCUT2D eigenvalue weighted by atomic mass is 10.1. The summed E-state index contributed by atoms with van der Waals surface area (Å²) in [6.45, 7) is 7.68. The van der Waals surface area contributed by atoms with E-state index >= 15 is 0 Å². The second-order valence-electron chi connectivity index (χ2n) is 2.88. The topological polar surface area (TPSA) is 69.7 Å². The van der Waals surface area contributed by atoms with Gasteiger partial charge in [0.1, 0.15) is 13.2 Å². The van der Waals surface area contributed by atoms with Crippen molar-refractivity contribution in [1.29, 1.82) is 0 Å². The van der Waals surface area contributed by atoms with Crippen molar-refractivity contribution in [3.63, 3.8) is 0 Å². The van der Waals surface area contributed by atoms with Crippen LogP contribution in [0, 0.1) is 5.92 Å². The third kappa shape index (κ3) is 4.54. The van der Waals surface area contributed by atoms with E-state index in [9.17, 15) is 14.4 Å². The molecule has 0 amide bonds. The molecule has 5 heteroatoms. The fraction of sp³-hybridized carbons (Fsp3) is 0.364. The molecule has 0 radical (unpaired) electrons. The summed E-state index contributed by atoms with van der Waals surface area (Å²) in [5.74, 6) is -4.01. The molecule has 5 nitrogen and oxygen atoms in total. The maximum Gasteiger partial charge on any atom is 0.328 e. The Labute approximate surface area is 93.7 Å². The molecule has 0 N–H and O–H groups in total. The first kappa shape index (κ1) is 14.1. The Balaban J connectivity index is 4.53. The van der Waals surface area contributed by atoms with Crippen molar-refractivity contribution in [1.82, 2.24) is 0 Å². The van der Waals surface area contributed by atoms with E-state index < -0.39 is 23.6 Å². The zero-order valence-electron chi connectivity index (χ0n) is 9.10. The van der Waals surface area contributed by atoms with E-state index in [1.807, 2.05) is 0 Å². The highest BCUT2D eigenvalue weighted by Crippen LogP contribution is 2.05. The first-order chi connectivity index (χ1) is 7.54. The van der Waals surface area contributed by atoms with E-state index in [1.165, 1.54) is 12.2 Å². The smallest absolute Gasteiger partial charge is 0.328 e. The molecule has 16 heavy (non-hydrogen) atoms. The van der Waals surface area contributed by atoms with Gasteiger partial charge in [-0.05, 0) is 6.92 Å². The summed E-state index contributed by atoms with van der Waals surface area (Å²) < 4.78 is 9.22. The summed E-state index contributed by atoms with van der Waals surface area (Å²) >= 11 is 0. The van der Waals surface area contributed by atoms with Gasteiger partial charge < -0.3 is 9.47 Å². The molecule has 0 saturated carbocycles. The predicted octanol–water partition coefficient (Wildman–Crippen LogP) is 0.650. The monoisotopic (exact) mass is 226 g/mol. The van der Waals surface area contributed by atoms with E-state index in [-0.39, 0.29) is 13.2 Å². The lowest BCUT2D eigenvalue weighted by Crippen LogP contribution is -2.33. The molecule has 0 bridgehead atoms. The number of esters is 2. The van der Waals surface area contributed by atoms with Crippen LogP contribution in [0.3, 0.4) is 0 Å². The van der Waals surface area contributed by atoms with Crippen molar-refractivity contribution in [3.05, 3.63) is 25.3 Å². The highest BCUT2D eigenvalue weighted by atomic mass is 16.6. The highest BCUT2D eigenvalue weighted by molar-refractivity contribution is 6.14. The molecule has 0 spiro atoms. The number of carbonyl (C=O) groups is 3. The maximum atomic E-state index is 11.3. The van der Waals surface area contributed by atoms with Crippen LogP contribution in [0.4, 0.5) is 0 Å². The first-order valence-corrected chi connectivity index (χ1v) is 4.60. The summed E-state index contributed by atoms with van der Waals surface area (Å²) in [6.07, 6.45) is 2.67. The van der Waals surface area contributed by atoms with Crippen molar-refractivity contribution >= 4 is 17.7 Å². The number of hydrogen-bond acceptors (Lipinski definition) is 5. The summed E-state index contributed by atoms with van der Waals surface area (Å²) in [7, 11) is 0. The van der Waals surface area contributed by atoms with E-state index in [2.05, 4.69) is 22.6 Å². The molecule has 0 fully saturated rings. The molecule has 0 saturated heterocycles. The molecule has 0 atom stereocenters. The molecule has 0 aromatic heterocycles. The van der Waals surface area contributed by atoms with Crippen LogP contribution in [0.25, 0.3) is 0 Å². The number of hydrogen-bond donors (Lipinski definition) is 0. The molecule has 0 aliphatic carbocycles. The van der Waals surface area contributed by atoms with Gasteiger partial charge in [0, 0.05) is 0 Å². The van der Waals surface area contributed by atoms with Crippen LogP contribution >= 0.6 is 0 Å². The first-order valence-electron chi connectivity index (χ1n) is 4.60. The van der Waals surface area contributed by atoms with E-state index in [0.717, 1.165) is 6.92 Å². The minimum Gasteiger partial charge on any atom is -0.460 e. The van der Waals surface area contributed by atoms with Crippen LogP contribution in [0.1, 0.15) is 6.92 Å². The molecule has 0 heterocycles. The Hall–Kier alpha value is -1.91. The highest BCUT2D eigenvalue weighted by Gasteiger charge is 2.33. The molecule has 88 valence electrons. The number of rotatable bonds is 7.